The molecule has 0 saturated heterocycles. The van der Waals surface area contributed by atoms with Crippen molar-refractivity contribution in [3.05, 3.63) is 28.7 Å². The number of halogens is 1. The molecular weight excluding hydrogens is 288 g/mol. The molecule has 90 valence electrons. The van der Waals surface area contributed by atoms with E-state index in [1.54, 1.807) is 0 Å². The van der Waals surface area contributed by atoms with Crippen LogP contribution in [0.25, 0.3) is 0 Å². The van der Waals surface area contributed by atoms with Crippen LogP contribution in [0.15, 0.2) is 28.7 Å². The van der Waals surface area contributed by atoms with Crippen molar-refractivity contribution < 1.29 is 9.84 Å². The van der Waals surface area contributed by atoms with E-state index in [-0.39, 0.29) is 6.61 Å². The molecule has 1 rings (SSSR count). The number of benzene rings is 1. The van der Waals surface area contributed by atoms with Gasteiger partial charge in [-0.3, -0.25) is 0 Å². The first kappa shape index (κ1) is 13.9. The van der Waals surface area contributed by atoms with Gasteiger partial charge in [0, 0.05) is 16.8 Å². The van der Waals surface area contributed by atoms with E-state index < -0.39 is 0 Å². The first-order chi connectivity index (χ1) is 7.72. The van der Waals surface area contributed by atoms with Gasteiger partial charge in [-0.25, -0.2) is 0 Å². The van der Waals surface area contributed by atoms with Gasteiger partial charge in [-0.2, -0.15) is 11.8 Å². The molecular formula is C12H17BrO2S. The fourth-order valence-electron chi connectivity index (χ4n) is 1.09. The second-order valence-electron chi connectivity index (χ2n) is 3.67. The molecule has 1 aromatic rings. The van der Waals surface area contributed by atoms with Crippen molar-refractivity contribution in [2.24, 2.45) is 5.92 Å². The van der Waals surface area contributed by atoms with Crippen molar-refractivity contribution in [3.8, 4) is 5.75 Å². The fraction of sp³-hybridized carbons (Fsp3) is 0.500. The third-order valence-electron chi connectivity index (χ3n) is 2.02. The van der Waals surface area contributed by atoms with Crippen molar-refractivity contribution in [2.75, 3.05) is 24.7 Å². The molecule has 1 unspecified atom stereocenters. The largest absolute Gasteiger partial charge is 0.493 e. The molecule has 0 saturated carbocycles. The standard InChI is InChI=1S/C12H17BrO2S/c1-10(8-14)9-16-7-6-15-12-4-2-11(13)3-5-12/h2-5,10,14H,6-9H2,1H3. The van der Waals surface area contributed by atoms with Gasteiger partial charge < -0.3 is 9.84 Å². The highest BCUT2D eigenvalue weighted by Crippen LogP contribution is 2.16. The van der Waals surface area contributed by atoms with E-state index >= 15 is 0 Å². The molecule has 1 N–H and O–H groups in total. The third kappa shape index (κ3) is 5.77. The highest BCUT2D eigenvalue weighted by Gasteiger charge is 1.99. The third-order valence-corrected chi connectivity index (χ3v) is 3.81. The van der Waals surface area contributed by atoms with E-state index in [0.29, 0.717) is 12.5 Å². The average molecular weight is 305 g/mol. The lowest BCUT2D eigenvalue weighted by molar-refractivity contribution is 0.250. The van der Waals surface area contributed by atoms with E-state index in [9.17, 15) is 0 Å². The van der Waals surface area contributed by atoms with Crippen molar-refractivity contribution in [3.63, 3.8) is 0 Å². The van der Waals surface area contributed by atoms with E-state index in [2.05, 4.69) is 15.9 Å². The summed E-state index contributed by atoms with van der Waals surface area (Å²) in [5.41, 5.74) is 0. The van der Waals surface area contributed by atoms with Gasteiger partial charge >= 0.3 is 0 Å². The lowest BCUT2D eigenvalue weighted by Gasteiger charge is -2.08. The molecule has 0 fully saturated rings. The molecule has 2 nitrogen and oxygen atoms in total. The van der Waals surface area contributed by atoms with Crippen LogP contribution in [0.4, 0.5) is 0 Å². The molecule has 0 aliphatic heterocycles. The summed E-state index contributed by atoms with van der Waals surface area (Å²) in [6.45, 7) is 3.02. The topological polar surface area (TPSA) is 29.5 Å². The monoisotopic (exact) mass is 304 g/mol. The van der Waals surface area contributed by atoms with Gasteiger partial charge in [-0.05, 0) is 35.9 Å². The van der Waals surface area contributed by atoms with Crippen molar-refractivity contribution >= 4 is 27.7 Å². The van der Waals surface area contributed by atoms with Crippen LogP contribution in [0, 0.1) is 5.92 Å². The minimum Gasteiger partial charge on any atom is -0.493 e. The summed E-state index contributed by atoms with van der Waals surface area (Å²) in [4.78, 5) is 0. The van der Waals surface area contributed by atoms with Gasteiger partial charge in [0.2, 0.25) is 0 Å². The van der Waals surface area contributed by atoms with Gasteiger partial charge in [-0.1, -0.05) is 22.9 Å². The molecule has 0 aliphatic carbocycles. The maximum atomic E-state index is 8.85. The van der Waals surface area contributed by atoms with Crippen LogP contribution in [0.1, 0.15) is 6.92 Å². The second-order valence-corrected chi connectivity index (χ2v) is 5.73. The number of hydrogen-bond donors (Lipinski definition) is 1. The SMILES string of the molecule is CC(CO)CSCCOc1ccc(Br)cc1. The highest BCUT2D eigenvalue weighted by molar-refractivity contribution is 9.10. The van der Waals surface area contributed by atoms with Crippen LogP contribution < -0.4 is 4.74 Å². The molecule has 0 bridgehead atoms. The molecule has 0 spiro atoms. The molecule has 0 heterocycles. The number of aliphatic hydroxyl groups is 1. The Morgan fingerprint density at radius 2 is 2.06 bits per heavy atom. The Bertz CT molecular complexity index is 290. The zero-order valence-electron chi connectivity index (χ0n) is 9.36. The van der Waals surface area contributed by atoms with E-state index in [1.807, 2.05) is 43.0 Å². The van der Waals surface area contributed by atoms with Gasteiger partial charge in [0.1, 0.15) is 5.75 Å². The van der Waals surface area contributed by atoms with Crippen molar-refractivity contribution in [1.82, 2.24) is 0 Å². The minimum absolute atomic E-state index is 0.264. The van der Waals surface area contributed by atoms with Crippen LogP contribution in [0.2, 0.25) is 0 Å². The molecule has 0 aliphatic rings. The summed E-state index contributed by atoms with van der Waals surface area (Å²) in [6.07, 6.45) is 0. The van der Waals surface area contributed by atoms with Crippen molar-refractivity contribution in [2.45, 2.75) is 6.92 Å². The Morgan fingerprint density at radius 1 is 1.38 bits per heavy atom. The summed E-state index contributed by atoms with van der Waals surface area (Å²) < 4.78 is 6.63. The van der Waals surface area contributed by atoms with E-state index in [1.165, 1.54) is 0 Å². The Hall–Kier alpha value is -0.190. The minimum atomic E-state index is 0.264. The van der Waals surface area contributed by atoms with Crippen molar-refractivity contribution in [1.29, 1.82) is 0 Å². The Morgan fingerprint density at radius 3 is 2.69 bits per heavy atom. The number of thioether (sulfide) groups is 1. The number of rotatable bonds is 7. The first-order valence-electron chi connectivity index (χ1n) is 5.29. The van der Waals surface area contributed by atoms with Gasteiger partial charge in [0.25, 0.3) is 0 Å². The van der Waals surface area contributed by atoms with Crippen LogP contribution in [0.5, 0.6) is 5.75 Å². The molecule has 1 aromatic carbocycles. The van der Waals surface area contributed by atoms with Crippen LogP contribution in [-0.2, 0) is 0 Å². The predicted molar refractivity (Wildman–Crippen MR) is 73.2 cm³/mol. The van der Waals surface area contributed by atoms with Gasteiger partial charge in [0.15, 0.2) is 0 Å². The summed E-state index contributed by atoms with van der Waals surface area (Å²) >= 11 is 5.19. The summed E-state index contributed by atoms with van der Waals surface area (Å²) in [5.74, 6) is 3.22. The zero-order chi connectivity index (χ0) is 11.8. The predicted octanol–water partition coefficient (Wildman–Crippen LogP) is 3.19. The summed E-state index contributed by atoms with van der Waals surface area (Å²) in [5, 5.41) is 8.85. The van der Waals surface area contributed by atoms with Crippen LogP contribution in [-0.4, -0.2) is 29.8 Å². The average Bonchev–Trinajstić information content (AvgIpc) is 2.31. The Labute approximate surface area is 110 Å². The number of ether oxygens (including phenoxy) is 1. The smallest absolute Gasteiger partial charge is 0.119 e. The fourth-order valence-corrected chi connectivity index (χ4v) is 2.23. The second kappa shape index (κ2) is 7.98. The lowest BCUT2D eigenvalue weighted by atomic mass is 10.2. The van der Waals surface area contributed by atoms with E-state index in [0.717, 1.165) is 21.7 Å². The summed E-state index contributed by atoms with van der Waals surface area (Å²) in [6, 6.07) is 7.84. The maximum Gasteiger partial charge on any atom is 0.119 e. The highest BCUT2D eigenvalue weighted by atomic mass is 79.9. The summed E-state index contributed by atoms with van der Waals surface area (Å²) in [7, 11) is 0. The number of aliphatic hydroxyl groups excluding tert-OH is 1. The van der Waals surface area contributed by atoms with Gasteiger partial charge in [0.05, 0.1) is 6.61 Å². The molecule has 0 radical (unpaired) electrons. The van der Waals surface area contributed by atoms with Crippen LogP contribution in [0.3, 0.4) is 0 Å². The first-order valence-corrected chi connectivity index (χ1v) is 7.24. The number of hydrogen-bond acceptors (Lipinski definition) is 3. The van der Waals surface area contributed by atoms with Gasteiger partial charge in [-0.15, -0.1) is 0 Å². The zero-order valence-corrected chi connectivity index (χ0v) is 11.8. The van der Waals surface area contributed by atoms with E-state index in [4.69, 9.17) is 9.84 Å². The molecule has 16 heavy (non-hydrogen) atoms. The Balaban J connectivity index is 2.09. The molecule has 0 aromatic heterocycles. The maximum absolute atomic E-state index is 8.85. The molecule has 1 atom stereocenters. The quantitative estimate of drug-likeness (QED) is 0.785. The molecule has 0 amide bonds. The Kier molecular flexibility index (Phi) is 6.92. The normalized spacial score (nSPS) is 12.4. The molecule has 4 heteroatoms. The van der Waals surface area contributed by atoms with Crippen LogP contribution >= 0.6 is 27.7 Å². The lowest BCUT2D eigenvalue weighted by Crippen LogP contribution is -2.06.